The zero-order valence-electron chi connectivity index (χ0n) is 10.4. The molecule has 2 unspecified atom stereocenters. The first kappa shape index (κ1) is 12.6. The summed E-state index contributed by atoms with van der Waals surface area (Å²) in [6.45, 7) is 4.54. The maximum Gasteiger partial charge on any atom is 0.0689 e. The molecule has 1 aliphatic carbocycles. The summed E-state index contributed by atoms with van der Waals surface area (Å²) in [6.07, 6.45) is 11.2. The van der Waals surface area contributed by atoms with Crippen molar-refractivity contribution in [1.29, 1.82) is 5.26 Å². The van der Waals surface area contributed by atoms with E-state index in [0.29, 0.717) is 0 Å². The largest absolute Gasteiger partial charge is 0.198 e. The summed E-state index contributed by atoms with van der Waals surface area (Å²) in [5, 5.41) is 9.37. The Morgan fingerprint density at radius 1 is 1.33 bits per heavy atom. The highest BCUT2D eigenvalue weighted by molar-refractivity contribution is 5.01. The maximum absolute atomic E-state index is 9.37. The molecule has 0 saturated heterocycles. The lowest BCUT2D eigenvalue weighted by atomic mass is 9.68. The fourth-order valence-electron chi connectivity index (χ4n) is 2.93. The van der Waals surface area contributed by atoms with E-state index in [1.165, 1.54) is 38.5 Å². The minimum absolute atomic E-state index is 0.0470. The third-order valence-corrected chi connectivity index (χ3v) is 3.84. The molecule has 0 heterocycles. The van der Waals surface area contributed by atoms with Gasteiger partial charge in [-0.1, -0.05) is 52.4 Å². The van der Waals surface area contributed by atoms with Crippen molar-refractivity contribution in [3.8, 4) is 6.07 Å². The zero-order valence-corrected chi connectivity index (χ0v) is 10.4. The molecular formula is C14H25N. The monoisotopic (exact) mass is 207 g/mol. The van der Waals surface area contributed by atoms with Crippen LogP contribution in [0.3, 0.4) is 0 Å². The van der Waals surface area contributed by atoms with E-state index < -0.39 is 0 Å². The van der Waals surface area contributed by atoms with Crippen LogP contribution in [0.5, 0.6) is 0 Å². The molecule has 1 nitrogen and oxygen atoms in total. The van der Waals surface area contributed by atoms with Gasteiger partial charge in [0.25, 0.3) is 0 Å². The average molecular weight is 207 g/mol. The van der Waals surface area contributed by atoms with E-state index in [1.807, 2.05) is 0 Å². The smallest absolute Gasteiger partial charge is 0.0689 e. The molecular weight excluding hydrogens is 182 g/mol. The van der Waals surface area contributed by atoms with E-state index in [-0.39, 0.29) is 5.41 Å². The lowest BCUT2D eigenvalue weighted by Crippen LogP contribution is -2.26. The van der Waals surface area contributed by atoms with Crippen molar-refractivity contribution in [3.63, 3.8) is 0 Å². The van der Waals surface area contributed by atoms with E-state index in [4.69, 9.17) is 0 Å². The Balaban J connectivity index is 2.36. The molecule has 0 N–H and O–H groups in total. The van der Waals surface area contributed by atoms with Crippen molar-refractivity contribution in [2.45, 2.75) is 71.6 Å². The van der Waals surface area contributed by atoms with Gasteiger partial charge in [0.15, 0.2) is 0 Å². The highest BCUT2D eigenvalue weighted by Gasteiger charge is 2.34. The molecule has 0 aromatic heterocycles. The molecule has 1 heteroatoms. The second kappa shape index (κ2) is 6.16. The van der Waals surface area contributed by atoms with E-state index in [0.717, 1.165) is 25.2 Å². The first-order valence-corrected chi connectivity index (χ1v) is 6.64. The molecule has 0 radical (unpaired) electrons. The lowest BCUT2D eigenvalue weighted by Gasteiger charge is -2.34. The van der Waals surface area contributed by atoms with Gasteiger partial charge in [-0.3, -0.25) is 0 Å². The summed E-state index contributed by atoms with van der Waals surface area (Å²) in [5.41, 5.74) is 0.0470. The number of rotatable bonds is 5. The summed E-state index contributed by atoms with van der Waals surface area (Å²) in [7, 11) is 0. The van der Waals surface area contributed by atoms with Gasteiger partial charge in [0.05, 0.1) is 11.5 Å². The van der Waals surface area contributed by atoms with Gasteiger partial charge in [0.1, 0.15) is 0 Å². The number of hydrogen-bond acceptors (Lipinski definition) is 1. The molecule has 1 aliphatic rings. The molecule has 86 valence electrons. The molecule has 0 bridgehead atoms. The Labute approximate surface area is 94.9 Å². The fourth-order valence-corrected chi connectivity index (χ4v) is 2.93. The number of nitrogens with zero attached hydrogens (tertiary/aromatic N) is 1. The van der Waals surface area contributed by atoms with Crippen molar-refractivity contribution < 1.29 is 0 Å². The van der Waals surface area contributed by atoms with Crippen LogP contribution < -0.4 is 0 Å². The Bertz CT molecular complexity index is 216. The molecule has 1 fully saturated rings. The minimum atomic E-state index is 0.0470. The van der Waals surface area contributed by atoms with Crippen molar-refractivity contribution in [3.05, 3.63) is 0 Å². The van der Waals surface area contributed by atoms with Gasteiger partial charge in [-0.15, -0.1) is 0 Å². The van der Waals surface area contributed by atoms with Crippen molar-refractivity contribution in [2.75, 3.05) is 0 Å². The zero-order chi connectivity index (χ0) is 11.1. The highest BCUT2D eigenvalue weighted by atomic mass is 14.4. The summed E-state index contributed by atoms with van der Waals surface area (Å²) < 4.78 is 0. The Morgan fingerprint density at radius 2 is 2.13 bits per heavy atom. The second-order valence-corrected chi connectivity index (χ2v) is 5.40. The minimum Gasteiger partial charge on any atom is -0.198 e. The Morgan fingerprint density at radius 3 is 2.73 bits per heavy atom. The summed E-state index contributed by atoms with van der Waals surface area (Å²) in [6, 6.07) is 2.62. The van der Waals surface area contributed by atoms with Gasteiger partial charge in [-0.25, -0.2) is 0 Å². The predicted molar refractivity (Wildman–Crippen MR) is 64.4 cm³/mol. The van der Waals surface area contributed by atoms with Gasteiger partial charge < -0.3 is 0 Å². The normalized spacial score (nSPS) is 31.1. The highest BCUT2D eigenvalue weighted by Crippen LogP contribution is 2.42. The Hall–Kier alpha value is -0.510. The number of unbranched alkanes of at least 4 members (excludes halogenated alkanes) is 3. The van der Waals surface area contributed by atoms with Gasteiger partial charge in [-0.05, 0) is 25.2 Å². The van der Waals surface area contributed by atoms with E-state index in [9.17, 15) is 5.26 Å². The molecule has 15 heavy (non-hydrogen) atoms. The van der Waals surface area contributed by atoms with Crippen LogP contribution >= 0.6 is 0 Å². The van der Waals surface area contributed by atoms with Crippen LogP contribution in [0.4, 0.5) is 0 Å². The summed E-state index contributed by atoms with van der Waals surface area (Å²) in [5.74, 6) is 0.768. The van der Waals surface area contributed by atoms with Crippen LogP contribution in [0.1, 0.15) is 71.6 Å². The first-order valence-electron chi connectivity index (χ1n) is 6.64. The Kier molecular flexibility index (Phi) is 5.15. The van der Waals surface area contributed by atoms with E-state index in [2.05, 4.69) is 19.9 Å². The topological polar surface area (TPSA) is 23.8 Å². The van der Waals surface area contributed by atoms with E-state index >= 15 is 0 Å². The molecule has 0 spiro atoms. The van der Waals surface area contributed by atoms with Gasteiger partial charge in [-0.2, -0.15) is 5.26 Å². The molecule has 0 aromatic rings. The molecule has 0 aromatic carbocycles. The van der Waals surface area contributed by atoms with Crippen LogP contribution in [-0.2, 0) is 0 Å². The quantitative estimate of drug-likeness (QED) is 0.601. The SMILES string of the molecule is CCCCCCC1(C#N)CCCC(C)C1. The molecule has 0 aliphatic heterocycles. The molecule has 1 saturated carbocycles. The van der Waals surface area contributed by atoms with E-state index in [1.54, 1.807) is 0 Å². The van der Waals surface area contributed by atoms with Crippen LogP contribution in [-0.4, -0.2) is 0 Å². The van der Waals surface area contributed by atoms with Crippen LogP contribution in [0, 0.1) is 22.7 Å². The van der Waals surface area contributed by atoms with Crippen molar-refractivity contribution in [2.24, 2.45) is 11.3 Å². The van der Waals surface area contributed by atoms with Gasteiger partial charge in [0, 0.05) is 0 Å². The number of nitriles is 1. The summed E-state index contributed by atoms with van der Waals surface area (Å²) in [4.78, 5) is 0. The second-order valence-electron chi connectivity index (χ2n) is 5.40. The lowest BCUT2D eigenvalue weighted by molar-refractivity contribution is 0.192. The van der Waals surface area contributed by atoms with Crippen LogP contribution in [0.2, 0.25) is 0 Å². The number of hydrogen-bond donors (Lipinski definition) is 0. The van der Waals surface area contributed by atoms with Crippen molar-refractivity contribution in [1.82, 2.24) is 0 Å². The standard InChI is InChI=1S/C14H25N/c1-3-4-5-6-9-14(12-15)10-7-8-13(2)11-14/h13H,3-11H2,1-2H3. The van der Waals surface area contributed by atoms with Crippen molar-refractivity contribution >= 4 is 0 Å². The van der Waals surface area contributed by atoms with Crippen LogP contribution in [0.15, 0.2) is 0 Å². The third-order valence-electron chi connectivity index (χ3n) is 3.84. The summed E-state index contributed by atoms with van der Waals surface area (Å²) >= 11 is 0. The first-order chi connectivity index (χ1) is 7.22. The predicted octanol–water partition coefficient (Wildman–Crippen LogP) is 4.68. The third kappa shape index (κ3) is 3.86. The van der Waals surface area contributed by atoms with Gasteiger partial charge in [0.2, 0.25) is 0 Å². The molecule has 0 amide bonds. The molecule has 2 atom stereocenters. The molecule has 1 rings (SSSR count). The van der Waals surface area contributed by atoms with Gasteiger partial charge >= 0.3 is 0 Å². The fraction of sp³-hybridized carbons (Fsp3) is 0.929. The maximum atomic E-state index is 9.37. The van der Waals surface area contributed by atoms with Crippen LogP contribution in [0.25, 0.3) is 0 Å². The average Bonchev–Trinajstić information content (AvgIpc) is 2.25.